The summed E-state index contributed by atoms with van der Waals surface area (Å²) in [6.45, 7) is 6.95. The van der Waals surface area contributed by atoms with E-state index in [2.05, 4.69) is 46.5 Å². The second kappa shape index (κ2) is 6.09. The van der Waals surface area contributed by atoms with E-state index in [-0.39, 0.29) is 5.41 Å². The van der Waals surface area contributed by atoms with Gasteiger partial charge in [0, 0.05) is 43.9 Å². The lowest BCUT2D eigenvalue weighted by molar-refractivity contribution is 0.546. The third-order valence-corrected chi connectivity index (χ3v) is 3.12. The lowest BCUT2D eigenvalue weighted by Gasteiger charge is -2.18. The minimum atomic E-state index is -0.136. The quantitative estimate of drug-likeness (QED) is 0.570. The van der Waals surface area contributed by atoms with E-state index in [4.69, 9.17) is 5.84 Å². The molecule has 7 nitrogen and oxygen atoms in total. The monoisotopic (exact) mass is 289 g/mol. The van der Waals surface area contributed by atoms with Crippen LogP contribution in [0.4, 0.5) is 11.6 Å². The molecule has 0 unspecified atom stereocenters. The number of nitrogens with two attached hydrogens (primary N) is 1. The Balaban J connectivity index is 2.07. The van der Waals surface area contributed by atoms with Gasteiger partial charge in [0.1, 0.15) is 23.3 Å². The van der Waals surface area contributed by atoms with Gasteiger partial charge in [0.25, 0.3) is 0 Å². The van der Waals surface area contributed by atoms with Gasteiger partial charge in [-0.2, -0.15) is 0 Å². The summed E-state index contributed by atoms with van der Waals surface area (Å²) in [6.07, 6.45) is 4.56. The smallest absolute Gasteiger partial charge is 0.145 e. The molecule has 2 aromatic heterocycles. The molecule has 7 heteroatoms. The fourth-order valence-corrected chi connectivity index (χ4v) is 1.89. The summed E-state index contributed by atoms with van der Waals surface area (Å²) < 4.78 is 2.01. The molecule has 2 heterocycles. The predicted octanol–water partition coefficient (Wildman–Crippen LogP) is 1.45. The Morgan fingerprint density at radius 3 is 2.52 bits per heavy atom. The largest absolute Gasteiger partial charge is 0.369 e. The van der Waals surface area contributed by atoms with Crippen molar-refractivity contribution < 1.29 is 0 Å². The van der Waals surface area contributed by atoms with Gasteiger partial charge in [0.15, 0.2) is 0 Å². The third-order valence-electron chi connectivity index (χ3n) is 3.12. The number of hydrogen-bond donors (Lipinski definition) is 3. The van der Waals surface area contributed by atoms with Crippen molar-refractivity contribution in [2.75, 3.05) is 17.3 Å². The van der Waals surface area contributed by atoms with Crippen molar-refractivity contribution >= 4 is 11.6 Å². The van der Waals surface area contributed by atoms with E-state index >= 15 is 0 Å². The van der Waals surface area contributed by atoms with Crippen molar-refractivity contribution in [1.82, 2.24) is 19.5 Å². The molecule has 0 atom stereocenters. The Morgan fingerprint density at radius 1 is 1.24 bits per heavy atom. The van der Waals surface area contributed by atoms with Crippen molar-refractivity contribution in [2.45, 2.75) is 32.6 Å². The van der Waals surface area contributed by atoms with Gasteiger partial charge in [-0.1, -0.05) is 20.8 Å². The zero-order chi connectivity index (χ0) is 15.5. The van der Waals surface area contributed by atoms with Crippen LogP contribution in [-0.4, -0.2) is 26.1 Å². The molecule has 0 aromatic carbocycles. The first-order chi connectivity index (χ1) is 9.90. The molecule has 0 aliphatic carbocycles. The summed E-state index contributed by atoms with van der Waals surface area (Å²) in [5, 5.41) is 3.30. The summed E-state index contributed by atoms with van der Waals surface area (Å²) in [5.41, 5.74) is 2.45. The SMILES string of the molecule is Cn1ccnc1CCNc1cc(NN)nc(C(C)(C)C)n1. The summed E-state index contributed by atoms with van der Waals surface area (Å²) >= 11 is 0. The third kappa shape index (κ3) is 3.91. The zero-order valence-corrected chi connectivity index (χ0v) is 13.0. The molecule has 4 N–H and O–H groups in total. The molecule has 2 aromatic rings. The van der Waals surface area contributed by atoms with Crippen molar-refractivity contribution in [3.05, 3.63) is 30.1 Å². The highest BCUT2D eigenvalue weighted by Gasteiger charge is 2.19. The van der Waals surface area contributed by atoms with Crippen LogP contribution < -0.4 is 16.6 Å². The summed E-state index contributed by atoms with van der Waals surface area (Å²) in [4.78, 5) is 13.2. The molecule has 0 spiro atoms. The molecule has 0 saturated carbocycles. The Kier molecular flexibility index (Phi) is 4.42. The van der Waals surface area contributed by atoms with Crippen LogP contribution in [-0.2, 0) is 18.9 Å². The van der Waals surface area contributed by atoms with Gasteiger partial charge in [-0.3, -0.25) is 0 Å². The molecule has 0 saturated heterocycles. The van der Waals surface area contributed by atoms with E-state index < -0.39 is 0 Å². The minimum absolute atomic E-state index is 0.136. The lowest BCUT2D eigenvalue weighted by Crippen LogP contribution is -2.20. The molecule has 0 bridgehead atoms. The molecular formula is C14H23N7. The van der Waals surface area contributed by atoms with Gasteiger partial charge in [0.05, 0.1) is 0 Å². The second-order valence-electron chi connectivity index (χ2n) is 5.99. The number of nitrogens with one attached hydrogen (secondary N) is 2. The highest BCUT2D eigenvalue weighted by Crippen LogP contribution is 2.21. The van der Waals surface area contributed by atoms with Gasteiger partial charge in [-0.05, 0) is 0 Å². The summed E-state index contributed by atoms with van der Waals surface area (Å²) in [5.74, 6) is 8.62. The Labute approximate surface area is 125 Å². The number of aryl methyl sites for hydroxylation is 1. The van der Waals surface area contributed by atoms with E-state index in [0.29, 0.717) is 5.82 Å². The van der Waals surface area contributed by atoms with Crippen LogP contribution in [0.2, 0.25) is 0 Å². The number of nitrogens with zero attached hydrogens (tertiary/aromatic N) is 4. The highest BCUT2D eigenvalue weighted by atomic mass is 15.3. The molecule has 0 aliphatic heterocycles. The maximum atomic E-state index is 5.48. The van der Waals surface area contributed by atoms with Crippen LogP contribution in [0.25, 0.3) is 0 Å². The number of rotatable bonds is 5. The Hall–Kier alpha value is -2.15. The van der Waals surface area contributed by atoms with Gasteiger partial charge < -0.3 is 15.3 Å². The van der Waals surface area contributed by atoms with E-state index in [0.717, 1.165) is 30.4 Å². The molecule has 21 heavy (non-hydrogen) atoms. The molecule has 2 rings (SSSR count). The standard InChI is InChI=1S/C14H23N7/c1-14(2,3)13-18-10(9-11(19-13)20-15)16-6-5-12-17-7-8-21(12)4/h7-9H,5-6,15H2,1-4H3,(H2,16,18,19,20). The van der Waals surface area contributed by atoms with E-state index in [9.17, 15) is 0 Å². The van der Waals surface area contributed by atoms with E-state index in [1.165, 1.54) is 0 Å². The van der Waals surface area contributed by atoms with Crippen molar-refractivity contribution in [3.8, 4) is 0 Å². The van der Waals surface area contributed by atoms with Crippen LogP contribution in [0.3, 0.4) is 0 Å². The average molecular weight is 289 g/mol. The van der Waals surface area contributed by atoms with E-state index in [1.54, 1.807) is 12.3 Å². The van der Waals surface area contributed by atoms with Crippen LogP contribution in [0, 0.1) is 0 Å². The number of aromatic nitrogens is 4. The Morgan fingerprint density at radius 2 is 1.95 bits per heavy atom. The number of hydrazine groups is 1. The van der Waals surface area contributed by atoms with Crippen LogP contribution >= 0.6 is 0 Å². The molecule has 0 amide bonds. The number of hydrogen-bond acceptors (Lipinski definition) is 6. The Bertz CT molecular complexity index is 598. The summed E-state index contributed by atoms with van der Waals surface area (Å²) in [7, 11) is 1.99. The topological polar surface area (TPSA) is 93.7 Å². The van der Waals surface area contributed by atoms with Crippen LogP contribution in [0.5, 0.6) is 0 Å². The van der Waals surface area contributed by atoms with Crippen molar-refractivity contribution in [1.29, 1.82) is 0 Å². The first kappa shape index (κ1) is 15.2. The number of nitrogen functional groups attached to an aromatic ring is 1. The van der Waals surface area contributed by atoms with Crippen molar-refractivity contribution in [2.24, 2.45) is 12.9 Å². The summed E-state index contributed by atoms with van der Waals surface area (Å²) in [6, 6.07) is 1.80. The normalized spacial score (nSPS) is 11.5. The van der Waals surface area contributed by atoms with Crippen LogP contribution in [0.1, 0.15) is 32.4 Å². The number of imidazole rings is 1. The van der Waals surface area contributed by atoms with Gasteiger partial charge in [0.2, 0.25) is 0 Å². The highest BCUT2D eigenvalue weighted by molar-refractivity contribution is 5.47. The van der Waals surface area contributed by atoms with Gasteiger partial charge >= 0.3 is 0 Å². The average Bonchev–Trinajstić information content (AvgIpc) is 2.83. The maximum Gasteiger partial charge on any atom is 0.145 e. The lowest BCUT2D eigenvalue weighted by atomic mass is 9.96. The fraction of sp³-hybridized carbons (Fsp3) is 0.500. The maximum absolute atomic E-state index is 5.48. The first-order valence-electron chi connectivity index (χ1n) is 6.96. The molecule has 114 valence electrons. The van der Waals surface area contributed by atoms with E-state index in [1.807, 2.05) is 17.8 Å². The molecule has 0 aliphatic rings. The first-order valence-corrected chi connectivity index (χ1v) is 6.96. The minimum Gasteiger partial charge on any atom is -0.369 e. The molecule has 0 radical (unpaired) electrons. The fourth-order valence-electron chi connectivity index (χ4n) is 1.89. The van der Waals surface area contributed by atoms with Crippen molar-refractivity contribution in [3.63, 3.8) is 0 Å². The predicted molar refractivity (Wildman–Crippen MR) is 83.9 cm³/mol. The van der Waals surface area contributed by atoms with Crippen LogP contribution in [0.15, 0.2) is 18.5 Å². The van der Waals surface area contributed by atoms with Gasteiger partial charge in [-0.15, -0.1) is 0 Å². The zero-order valence-electron chi connectivity index (χ0n) is 13.0. The van der Waals surface area contributed by atoms with Gasteiger partial charge in [-0.25, -0.2) is 20.8 Å². The molecular weight excluding hydrogens is 266 g/mol. The number of anilines is 2. The molecule has 0 fully saturated rings. The second-order valence-corrected chi connectivity index (χ2v) is 5.99.